The summed E-state index contributed by atoms with van der Waals surface area (Å²) in [5.74, 6) is -2.93. The number of fused-ring (bicyclic) bond motifs is 2. The van der Waals surface area contributed by atoms with Crippen molar-refractivity contribution in [2.24, 2.45) is 0 Å². The minimum absolute atomic E-state index is 0.0245. The molecule has 1 saturated carbocycles. The second-order valence-electron chi connectivity index (χ2n) is 9.33. The maximum Gasteiger partial charge on any atom is 0.335 e. The third-order valence-corrected chi connectivity index (χ3v) is 6.93. The standard InChI is InChI=1S/C25H25F2N3O3/c1-13(2)23-22(14-5-7-25(33,8-6-14)24(31)32)17-11-20-15(12-28-29-20)9-21(17)30(23)16-3-4-18(26)19(27)10-16/h3-4,9-14,33H,5-8H2,1-2H3,(H,28,29)(H,31,32)/t14-,25-. The zero-order valence-corrected chi connectivity index (χ0v) is 18.4. The van der Waals surface area contributed by atoms with E-state index < -0.39 is 23.2 Å². The summed E-state index contributed by atoms with van der Waals surface area (Å²) in [5.41, 5.74) is 2.57. The number of aromatic amines is 1. The summed E-state index contributed by atoms with van der Waals surface area (Å²) in [6.07, 6.45) is 3.07. The van der Waals surface area contributed by atoms with Crippen molar-refractivity contribution in [2.75, 3.05) is 0 Å². The van der Waals surface area contributed by atoms with Crippen LogP contribution in [0.1, 0.15) is 62.6 Å². The van der Waals surface area contributed by atoms with Gasteiger partial charge in [-0.05, 0) is 67.3 Å². The van der Waals surface area contributed by atoms with E-state index in [9.17, 15) is 23.8 Å². The number of carboxylic acids is 1. The zero-order valence-electron chi connectivity index (χ0n) is 18.4. The Kier molecular flexibility index (Phi) is 5.01. The van der Waals surface area contributed by atoms with E-state index in [4.69, 9.17) is 0 Å². The van der Waals surface area contributed by atoms with E-state index >= 15 is 0 Å². The van der Waals surface area contributed by atoms with Crippen molar-refractivity contribution >= 4 is 27.8 Å². The normalized spacial score (nSPS) is 21.3. The Bertz CT molecular complexity index is 1380. The number of aromatic nitrogens is 3. The lowest BCUT2D eigenvalue weighted by Crippen LogP contribution is -2.41. The number of carboxylic acid groups (broad SMARTS) is 1. The van der Waals surface area contributed by atoms with Crippen molar-refractivity contribution in [2.45, 2.75) is 57.0 Å². The van der Waals surface area contributed by atoms with Crippen LogP contribution in [0.15, 0.2) is 36.5 Å². The number of hydrogen-bond acceptors (Lipinski definition) is 3. The molecule has 2 aromatic heterocycles. The number of halogens is 2. The Morgan fingerprint density at radius 3 is 2.55 bits per heavy atom. The molecule has 3 N–H and O–H groups in total. The van der Waals surface area contributed by atoms with E-state index in [2.05, 4.69) is 24.0 Å². The number of nitrogens with zero attached hydrogens (tertiary/aromatic N) is 2. The molecule has 0 amide bonds. The van der Waals surface area contributed by atoms with E-state index in [0.717, 1.165) is 39.1 Å². The van der Waals surface area contributed by atoms with E-state index in [1.165, 1.54) is 6.07 Å². The minimum Gasteiger partial charge on any atom is -0.479 e. The molecule has 0 atom stereocenters. The highest BCUT2D eigenvalue weighted by molar-refractivity contribution is 5.99. The molecule has 0 spiro atoms. The molecule has 8 heteroatoms. The Labute approximate surface area is 188 Å². The fraction of sp³-hybridized carbons (Fsp3) is 0.360. The van der Waals surface area contributed by atoms with Crippen LogP contribution in [-0.4, -0.2) is 36.5 Å². The van der Waals surface area contributed by atoms with Crippen molar-refractivity contribution in [1.29, 1.82) is 0 Å². The van der Waals surface area contributed by atoms with Gasteiger partial charge in [-0.15, -0.1) is 0 Å². The number of aliphatic hydroxyl groups is 1. The molecule has 2 heterocycles. The average molecular weight is 453 g/mol. The molecule has 0 bridgehead atoms. The van der Waals surface area contributed by atoms with Crippen molar-refractivity contribution in [3.63, 3.8) is 0 Å². The summed E-state index contributed by atoms with van der Waals surface area (Å²) < 4.78 is 29.9. The number of nitrogens with one attached hydrogen (secondary N) is 1. The number of H-pyrrole nitrogens is 1. The van der Waals surface area contributed by atoms with Gasteiger partial charge < -0.3 is 14.8 Å². The van der Waals surface area contributed by atoms with Crippen LogP contribution in [0, 0.1) is 11.6 Å². The van der Waals surface area contributed by atoms with Gasteiger partial charge in [0.2, 0.25) is 0 Å². The number of carbonyl (C=O) groups is 1. The lowest BCUT2D eigenvalue weighted by molar-refractivity contribution is -0.162. The second-order valence-corrected chi connectivity index (χ2v) is 9.33. The predicted octanol–water partition coefficient (Wildman–Crippen LogP) is 5.38. The van der Waals surface area contributed by atoms with E-state index in [0.29, 0.717) is 18.5 Å². The lowest BCUT2D eigenvalue weighted by atomic mass is 9.74. The number of hydrogen-bond donors (Lipinski definition) is 3. The first kappa shape index (κ1) is 21.6. The Balaban J connectivity index is 1.77. The summed E-state index contributed by atoms with van der Waals surface area (Å²) in [6, 6.07) is 7.91. The van der Waals surface area contributed by atoms with Crippen LogP contribution in [0.25, 0.3) is 27.5 Å². The quantitative estimate of drug-likeness (QED) is 0.387. The molecule has 172 valence electrons. The molecule has 6 nitrogen and oxygen atoms in total. The van der Waals surface area contributed by atoms with Gasteiger partial charge in [0.15, 0.2) is 17.2 Å². The van der Waals surface area contributed by atoms with Crippen LogP contribution < -0.4 is 0 Å². The van der Waals surface area contributed by atoms with Gasteiger partial charge >= 0.3 is 5.97 Å². The summed E-state index contributed by atoms with van der Waals surface area (Å²) in [5, 5.41) is 28.9. The first-order valence-corrected chi connectivity index (χ1v) is 11.1. The Morgan fingerprint density at radius 1 is 1.18 bits per heavy atom. The molecule has 5 rings (SSSR count). The zero-order chi connectivity index (χ0) is 23.5. The fourth-order valence-electron chi connectivity index (χ4n) is 5.27. The maximum atomic E-state index is 14.2. The predicted molar refractivity (Wildman–Crippen MR) is 121 cm³/mol. The molecule has 0 unspecified atom stereocenters. The van der Waals surface area contributed by atoms with Crippen LogP contribution in [-0.2, 0) is 4.79 Å². The van der Waals surface area contributed by atoms with E-state index in [-0.39, 0.29) is 24.7 Å². The Morgan fingerprint density at radius 2 is 1.91 bits per heavy atom. The van der Waals surface area contributed by atoms with Crippen LogP contribution >= 0.6 is 0 Å². The van der Waals surface area contributed by atoms with Crippen LogP contribution in [0.3, 0.4) is 0 Å². The summed E-state index contributed by atoms with van der Waals surface area (Å²) in [6.45, 7) is 4.11. The van der Waals surface area contributed by atoms with Crippen LogP contribution in [0.4, 0.5) is 8.78 Å². The topological polar surface area (TPSA) is 91.1 Å². The maximum absolute atomic E-state index is 14.2. The average Bonchev–Trinajstić information content (AvgIpc) is 3.36. The third-order valence-electron chi connectivity index (χ3n) is 6.93. The molecule has 4 aromatic rings. The van der Waals surface area contributed by atoms with Gasteiger partial charge in [0.1, 0.15) is 0 Å². The van der Waals surface area contributed by atoms with E-state index in [1.807, 2.05) is 16.7 Å². The SMILES string of the molecule is CC(C)c1c([C@H]2CC[C@@](O)(C(=O)O)CC2)c2cc3[nH]ncc3cc2n1-c1ccc(F)c(F)c1. The molecule has 1 aliphatic carbocycles. The first-order valence-electron chi connectivity index (χ1n) is 11.1. The van der Waals surface area contributed by atoms with Gasteiger partial charge in [-0.1, -0.05) is 13.8 Å². The highest BCUT2D eigenvalue weighted by atomic mass is 19.2. The van der Waals surface area contributed by atoms with Crippen molar-refractivity contribution in [3.8, 4) is 5.69 Å². The highest BCUT2D eigenvalue weighted by Crippen LogP contribution is 2.46. The molecule has 2 aromatic carbocycles. The number of rotatable bonds is 4. The minimum atomic E-state index is -1.70. The van der Waals surface area contributed by atoms with Crippen LogP contribution in [0.5, 0.6) is 0 Å². The number of aliphatic carboxylic acids is 1. The van der Waals surface area contributed by atoms with Crippen molar-refractivity contribution < 1.29 is 23.8 Å². The Hall–Kier alpha value is -3.26. The van der Waals surface area contributed by atoms with Gasteiger partial charge in [-0.2, -0.15) is 5.10 Å². The van der Waals surface area contributed by atoms with Crippen LogP contribution in [0.2, 0.25) is 0 Å². The molecule has 33 heavy (non-hydrogen) atoms. The summed E-state index contributed by atoms with van der Waals surface area (Å²) >= 11 is 0. The lowest BCUT2D eigenvalue weighted by Gasteiger charge is -2.33. The van der Waals surface area contributed by atoms with Gasteiger partial charge in [0, 0.05) is 28.2 Å². The van der Waals surface area contributed by atoms with Crippen molar-refractivity contribution in [3.05, 3.63) is 59.4 Å². The monoisotopic (exact) mass is 453 g/mol. The summed E-state index contributed by atoms with van der Waals surface area (Å²) in [7, 11) is 0. The smallest absolute Gasteiger partial charge is 0.335 e. The highest BCUT2D eigenvalue weighted by Gasteiger charge is 2.41. The van der Waals surface area contributed by atoms with Gasteiger partial charge in [0.05, 0.1) is 17.2 Å². The summed E-state index contributed by atoms with van der Waals surface area (Å²) in [4.78, 5) is 11.5. The third kappa shape index (κ3) is 3.40. The molecule has 0 saturated heterocycles. The van der Waals surface area contributed by atoms with Gasteiger partial charge in [-0.3, -0.25) is 5.10 Å². The largest absolute Gasteiger partial charge is 0.479 e. The van der Waals surface area contributed by atoms with E-state index in [1.54, 1.807) is 12.3 Å². The molecule has 1 fully saturated rings. The first-order chi connectivity index (χ1) is 15.7. The molecule has 0 radical (unpaired) electrons. The van der Waals surface area contributed by atoms with Gasteiger partial charge in [-0.25, -0.2) is 13.6 Å². The number of benzene rings is 2. The molecular formula is C25H25F2N3O3. The molecule has 0 aliphatic heterocycles. The molecular weight excluding hydrogens is 428 g/mol. The second kappa shape index (κ2) is 7.66. The molecule has 1 aliphatic rings. The van der Waals surface area contributed by atoms with Gasteiger partial charge in [0.25, 0.3) is 0 Å². The van der Waals surface area contributed by atoms with Crippen molar-refractivity contribution in [1.82, 2.24) is 14.8 Å². The fourth-order valence-corrected chi connectivity index (χ4v) is 5.27.